The largest absolute Gasteiger partial charge is 0.416 e. The summed E-state index contributed by atoms with van der Waals surface area (Å²) in [6.07, 6.45) is -5.92. The predicted molar refractivity (Wildman–Crippen MR) is 63.9 cm³/mol. The molecule has 1 unspecified atom stereocenters. The number of amides is 2. The Balaban J connectivity index is 2.15. The first-order valence-corrected chi connectivity index (χ1v) is 6.05. The number of imide groups is 1. The molecule has 0 saturated carbocycles. The van der Waals surface area contributed by atoms with Gasteiger partial charge in [-0.05, 0) is 17.7 Å². The van der Waals surface area contributed by atoms with E-state index in [9.17, 15) is 27.9 Å². The van der Waals surface area contributed by atoms with Gasteiger partial charge in [0.05, 0.1) is 18.2 Å². The van der Waals surface area contributed by atoms with Gasteiger partial charge in [-0.1, -0.05) is 12.1 Å². The van der Waals surface area contributed by atoms with Crippen LogP contribution in [0.2, 0.25) is 0 Å². The van der Waals surface area contributed by atoms with Crippen LogP contribution in [-0.2, 0) is 20.5 Å². The number of halogens is 3. The number of aliphatic hydroxyl groups is 1. The van der Waals surface area contributed by atoms with E-state index in [1.807, 2.05) is 0 Å². The fraction of sp³-hybridized carbons (Fsp3) is 0.385. The molecule has 1 aliphatic heterocycles. The molecule has 0 spiro atoms. The number of aliphatic hydroxyl groups excluding tert-OH is 1. The summed E-state index contributed by atoms with van der Waals surface area (Å²) in [5.41, 5.74) is -0.921. The van der Waals surface area contributed by atoms with Crippen LogP contribution in [0.3, 0.4) is 0 Å². The van der Waals surface area contributed by atoms with Crippen molar-refractivity contribution in [2.75, 3.05) is 19.8 Å². The van der Waals surface area contributed by atoms with Crippen LogP contribution in [0.15, 0.2) is 24.3 Å². The van der Waals surface area contributed by atoms with Gasteiger partial charge in [-0.2, -0.15) is 13.2 Å². The summed E-state index contributed by atoms with van der Waals surface area (Å²) in [5, 5.41) is 9.94. The van der Waals surface area contributed by atoms with E-state index in [0.29, 0.717) is 0 Å². The molecule has 1 saturated heterocycles. The summed E-state index contributed by atoms with van der Waals surface area (Å²) >= 11 is 0. The molecule has 2 rings (SSSR count). The number of β-amino-alcohol motifs (C(OH)–C–C–N with tert-alkyl or cyclic N) is 1. The lowest BCUT2D eigenvalue weighted by Gasteiger charge is -2.27. The van der Waals surface area contributed by atoms with Crippen LogP contribution in [0.4, 0.5) is 13.2 Å². The quantitative estimate of drug-likeness (QED) is 0.850. The van der Waals surface area contributed by atoms with Gasteiger partial charge in [0.2, 0.25) is 0 Å². The summed E-state index contributed by atoms with van der Waals surface area (Å²) in [6.45, 7) is -0.982. The molecular formula is C13H12F3NO4. The zero-order chi connectivity index (χ0) is 15.6. The maximum Gasteiger partial charge on any atom is 0.416 e. The molecule has 1 fully saturated rings. The topological polar surface area (TPSA) is 66.8 Å². The van der Waals surface area contributed by atoms with Gasteiger partial charge < -0.3 is 9.84 Å². The molecule has 114 valence electrons. The molecule has 0 radical (unpaired) electrons. The number of carbonyl (C=O) groups is 2. The molecule has 5 nitrogen and oxygen atoms in total. The van der Waals surface area contributed by atoms with Crippen LogP contribution in [0, 0.1) is 0 Å². The molecule has 0 aliphatic carbocycles. The second kappa shape index (κ2) is 5.82. The van der Waals surface area contributed by atoms with Gasteiger partial charge in [-0.3, -0.25) is 14.5 Å². The van der Waals surface area contributed by atoms with Crippen molar-refractivity contribution in [1.29, 1.82) is 0 Å². The lowest BCUT2D eigenvalue weighted by molar-refractivity contribution is -0.160. The number of benzene rings is 1. The van der Waals surface area contributed by atoms with Crippen molar-refractivity contribution in [3.05, 3.63) is 35.4 Å². The number of alkyl halides is 3. The fourth-order valence-corrected chi connectivity index (χ4v) is 1.92. The lowest BCUT2D eigenvalue weighted by atomic mass is 10.1. The molecule has 1 N–H and O–H groups in total. The van der Waals surface area contributed by atoms with Gasteiger partial charge in [0.25, 0.3) is 11.8 Å². The van der Waals surface area contributed by atoms with Crippen molar-refractivity contribution < 1.29 is 32.6 Å². The monoisotopic (exact) mass is 303 g/mol. The Bertz CT molecular complexity index is 543. The van der Waals surface area contributed by atoms with Crippen LogP contribution in [0.1, 0.15) is 17.2 Å². The predicted octanol–water partition coefficient (Wildman–Crippen LogP) is 1.12. The van der Waals surface area contributed by atoms with Crippen molar-refractivity contribution in [2.45, 2.75) is 12.3 Å². The van der Waals surface area contributed by atoms with Gasteiger partial charge in [-0.25, -0.2) is 0 Å². The standard InChI is InChI=1S/C13H12F3NO4/c14-13(15,16)9-3-1-2-8(4-9)10(18)5-17-11(19)6-21-7-12(17)20/h1-4,10,18H,5-7H2. The Morgan fingerprint density at radius 2 is 1.86 bits per heavy atom. The second-order valence-corrected chi connectivity index (χ2v) is 4.53. The number of hydrogen-bond donors (Lipinski definition) is 1. The highest BCUT2D eigenvalue weighted by atomic mass is 19.4. The van der Waals surface area contributed by atoms with Crippen LogP contribution in [0.25, 0.3) is 0 Å². The first kappa shape index (κ1) is 15.5. The number of ether oxygens (including phenoxy) is 1. The Morgan fingerprint density at radius 1 is 1.24 bits per heavy atom. The number of carbonyl (C=O) groups excluding carboxylic acids is 2. The van der Waals surface area contributed by atoms with E-state index in [-0.39, 0.29) is 18.8 Å². The number of hydrogen-bond acceptors (Lipinski definition) is 4. The van der Waals surface area contributed by atoms with Gasteiger partial charge in [0.1, 0.15) is 13.2 Å². The minimum absolute atomic E-state index is 0.0167. The van der Waals surface area contributed by atoms with E-state index in [1.54, 1.807) is 0 Å². The number of nitrogens with zero attached hydrogens (tertiary/aromatic N) is 1. The van der Waals surface area contributed by atoms with Gasteiger partial charge in [0, 0.05) is 0 Å². The Labute approximate surface area is 117 Å². The van der Waals surface area contributed by atoms with Crippen molar-refractivity contribution in [1.82, 2.24) is 4.90 Å². The Kier molecular flexibility index (Phi) is 4.29. The highest BCUT2D eigenvalue weighted by Crippen LogP contribution is 2.31. The van der Waals surface area contributed by atoms with E-state index >= 15 is 0 Å². The molecule has 0 bridgehead atoms. The van der Waals surface area contributed by atoms with Crippen molar-refractivity contribution in [3.8, 4) is 0 Å². The zero-order valence-corrected chi connectivity index (χ0v) is 10.8. The summed E-state index contributed by atoms with van der Waals surface area (Å²) in [4.78, 5) is 23.8. The highest BCUT2D eigenvalue weighted by Gasteiger charge is 2.32. The molecule has 1 aliphatic rings. The molecular weight excluding hydrogens is 291 g/mol. The third-order valence-electron chi connectivity index (χ3n) is 3.01. The summed E-state index contributed by atoms with van der Waals surface area (Å²) in [5.74, 6) is -1.26. The second-order valence-electron chi connectivity index (χ2n) is 4.53. The minimum Gasteiger partial charge on any atom is -0.387 e. The van der Waals surface area contributed by atoms with Gasteiger partial charge in [0.15, 0.2) is 0 Å². The zero-order valence-electron chi connectivity index (χ0n) is 10.8. The van der Waals surface area contributed by atoms with E-state index in [4.69, 9.17) is 4.74 Å². The molecule has 2 amide bonds. The summed E-state index contributed by atoms with van der Waals surface area (Å²) in [6, 6.07) is 4.13. The molecule has 1 aromatic rings. The summed E-state index contributed by atoms with van der Waals surface area (Å²) in [7, 11) is 0. The lowest BCUT2D eigenvalue weighted by Crippen LogP contribution is -2.47. The molecule has 1 heterocycles. The van der Waals surface area contributed by atoms with Crippen LogP contribution in [-0.4, -0.2) is 41.6 Å². The maximum absolute atomic E-state index is 12.6. The highest BCUT2D eigenvalue weighted by molar-refractivity contribution is 5.98. The molecule has 21 heavy (non-hydrogen) atoms. The van der Waals surface area contributed by atoms with Gasteiger partial charge >= 0.3 is 6.18 Å². The van der Waals surface area contributed by atoms with E-state index < -0.39 is 36.2 Å². The third-order valence-corrected chi connectivity index (χ3v) is 3.01. The average molecular weight is 303 g/mol. The summed E-state index contributed by atoms with van der Waals surface area (Å²) < 4.78 is 42.5. The molecule has 8 heteroatoms. The Morgan fingerprint density at radius 3 is 2.43 bits per heavy atom. The van der Waals surface area contributed by atoms with Crippen LogP contribution in [0.5, 0.6) is 0 Å². The van der Waals surface area contributed by atoms with E-state index in [0.717, 1.165) is 23.1 Å². The smallest absolute Gasteiger partial charge is 0.387 e. The van der Waals surface area contributed by atoms with Crippen LogP contribution < -0.4 is 0 Å². The average Bonchev–Trinajstić information content (AvgIpc) is 2.42. The van der Waals surface area contributed by atoms with Crippen molar-refractivity contribution >= 4 is 11.8 Å². The fourth-order valence-electron chi connectivity index (χ4n) is 1.92. The van der Waals surface area contributed by atoms with Crippen molar-refractivity contribution in [3.63, 3.8) is 0 Å². The number of morpholine rings is 1. The number of rotatable bonds is 3. The molecule has 1 atom stereocenters. The first-order valence-electron chi connectivity index (χ1n) is 6.05. The maximum atomic E-state index is 12.6. The SMILES string of the molecule is O=C1COCC(=O)N1CC(O)c1cccc(C(F)(F)F)c1. The van der Waals surface area contributed by atoms with Crippen LogP contribution >= 0.6 is 0 Å². The van der Waals surface area contributed by atoms with Gasteiger partial charge in [-0.15, -0.1) is 0 Å². The Hall–Kier alpha value is -1.93. The molecule has 1 aromatic carbocycles. The molecule has 0 aromatic heterocycles. The van der Waals surface area contributed by atoms with E-state index in [1.165, 1.54) is 6.07 Å². The third kappa shape index (κ3) is 3.59. The minimum atomic E-state index is -4.53. The van der Waals surface area contributed by atoms with E-state index in [2.05, 4.69) is 0 Å². The van der Waals surface area contributed by atoms with Crippen molar-refractivity contribution in [2.24, 2.45) is 0 Å². The first-order chi connectivity index (χ1) is 9.79. The normalized spacial score (nSPS) is 18.0.